The highest BCUT2D eigenvalue weighted by molar-refractivity contribution is 6.47. The van der Waals surface area contributed by atoms with Gasteiger partial charge in [0, 0.05) is 42.2 Å². The van der Waals surface area contributed by atoms with Crippen molar-refractivity contribution in [3.63, 3.8) is 0 Å². The Labute approximate surface area is 174 Å². The van der Waals surface area contributed by atoms with E-state index in [2.05, 4.69) is 17.3 Å². The van der Waals surface area contributed by atoms with Crippen LogP contribution in [0.5, 0.6) is 0 Å². The van der Waals surface area contributed by atoms with Gasteiger partial charge < -0.3 is 14.6 Å². The van der Waals surface area contributed by atoms with Crippen molar-refractivity contribution in [1.29, 1.82) is 0 Å². The molecule has 0 unspecified atom stereocenters. The number of anilines is 2. The van der Waals surface area contributed by atoms with E-state index in [1.165, 1.54) is 11.3 Å². The number of carbonyl (C=O) groups excluding carboxylic acids is 2. The third-order valence-corrected chi connectivity index (χ3v) is 5.65. The van der Waals surface area contributed by atoms with Crippen LogP contribution in [0, 0.1) is 0 Å². The second kappa shape index (κ2) is 7.19. The minimum absolute atomic E-state index is 0.371. The molecule has 0 saturated carbocycles. The van der Waals surface area contributed by atoms with Gasteiger partial charge in [0.2, 0.25) is 0 Å². The van der Waals surface area contributed by atoms with Crippen molar-refractivity contribution in [2.24, 2.45) is 0 Å². The molecule has 30 heavy (non-hydrogen) atoms. The molecule has 0 fully saturated rings. The van der Waals surface area contributed by atoms with Gasteiger partial charge in [-0.25, -0.2) is 0 Å². The molecule has 148 valence electrons. The molecule has 5 rings (SSSR count). The number of hydrogen-bond acceptors (Lipinski definition) is 3. The normalized spacial score (nSPS) is 12.8. The smallest absolute Gasteiger partial charge is 0.298 e. The zero-order chi connectivity index (χ0) is 20.7. The third-order valence-electron chi connectivity index (χ3n) is 5.65. The third kappa shape index (κ3) is 3.05. The van der Waals surface area contributed by atoms with Gasteiger partial charge in [-0.1, -0.05) is 36.4 Å². The van der Waals surface area contributed by atoms with E-state index in [0.717, 1.165) is 29.6 Å². The molecule has 1 N–H and O–H groups in total. The minimum atomic E-state index is -0.637. The first-order valence-corrected chi connectivity index (χ1v) is 9.97. The average molecular weight is 395 g/mol. The topological polar surface area (TPSA) is 53.8 Å². The number of likely N-dealkylation sites (N-methyl/N-ethyl adjacent to an activating group) is 1. The van der Waals surface area contributed by atoms with Gasteiger partial charge >= 0.3 is 0 Å². The number of benzene rings is 2. The van der Waals surface area contributed by atoms with Gasteiger partial charge in [0.25, 0.3) is 11.7 Å². The summed E-state index contributed by atoms with van der Waals surface area (Å²) in [7, 11) is 2.05. The number of nitrogens with one attached hydrogen (secondary N) is 1. The van der Waals surface area contributed by atoms with E-state index in [1.54, 1.807) is 4.40 Å². The first-order valence-electron chi connectivity index (χ1n) is 9.97. The molecule has 0 saturated heterocycles. The van der Waals surface area contributed by atoms with Crippen LogP contribution in [-0.4, -0.2) is 29.7 Å². The SMILES string of the molecule is CN1CCc2cc(NC(=O)C(=O)c3c(-c4ccccc4)cc4ccccn34)ccc21. The van der Waals surface area contributed by atoms with Crippen LogP contribution in [0.1, 0.15) is 16.1 Å². The first kappa shape index (κ1) is 18.2. The molecule has 2 aromatic heterocycles. The summed E-state index contributed by atoms with van der Waals surface area (Å²) in [4.78, 5) is 28.4. The number of hydrogen-bond donors (Lipinski definition) is 1. The lowest BCUT2D eigenvalue weighted by Gasteiger charge is -2.12. The number of rotatable bonds is 4. The van der Waals surface area contributed by atoms with Crippen LogP contribution in [0.4, 0.5) is 11.4 Å². The standard InChI is InChI=1S/C25H21N3O2/c1-27-14-12-18-15-19(10-11-22(18)27)26-25(30)24(29)23-21(17-7-3-2-4-8-17)16-20-9-5-6-13-28(20)23/h2-11,13,15-16H,12,14H2,1H3,(H,26,30). The number of fused-ring (bicyclic) bond motifs is 2. The fraction of sp³-hybridized carbons (Fsp3) is 0.120. The van der Waals surface area contributed by atoms with Crippen LogP contribution in [-0.2, 0) is 11.2 Å². The van der Waals surface area contributed by atoms with E-state index in [1.807, 2.05) is 79.0 Å². The molecular formula is C25H21N3O2. The van der Waals surface area contributed by atoms with Crippen LogP contribution < -0.4 is 10.2 Å². The molecule has 0 radical (unpaired) electrons. The zero-order valence-corrected chi connectivity index (χ0v) is 16.6. The average Bonchev–Trinajstić information content (AvgIpc) is 3.34. The number of carbonyl (C=O) groups is 2. The predicted molar refractivity (Wildman–Crippen MR) is 119 cm³/mol. The van der Waals surface area contributed by atoms with E-state index < -0.39 is 11.7 Å². The van der Waals surface area contributed by atoms with Crippen molar-refractivity contribution in [1.82, 2.24) is 4.40 Å². The summed E-state index contributed by atoms with van der Waals surface area (Å²) in [6, 6.07) is 23.1. The number of aromatic nitrogens is 1. The van der Waals surface area contributed by atoms with Crippen molar-refractivity contribution < 1.29 is 9.59 Å². The van der Waals surface area contributed by atoms with Gasteiger partial charge in [-0.2, -0.15) is 0 Å². The van der Waals surface area contributed by atoms with E-state index >= 15 is 0 Å². The van der Waals surface area contributed by atoms with E-state index in [4.69, 9.17) is 0 Å². The molecular weight excluding hydrogens is 374 g/mol. The van der Waals surface area contributed by atoms with Crippen molar-refractivity contribution in [3.8, 4) is 11.1 Å². The molecule has 0 atom stereocenters. The number of ketones is 1. The quantitative estimate of drug-likeness (QED) is 0.411. The molecule has 0 spiro atoms. The lowest BCUT2D eigenvalue weighted by atomic mass is 10.0. The van der Waals surface area contributed by atoms with E-state index in [-0.39, 0.29) is 0 Å². The molecule has 0 aliphatic carbocycles. The molecule has 4 aromatic rings. The summed E-state index contributed by atoms with van der Waals surface area (Å²) in [5.41, 5.74) is 5.88. The predicted octanol–water partition coefficient (Wildman–Crippen LogP) is 4.42. The van der Waals surface area contributed by atoms with Crippen LogP contribution in [0.15, 0.2) is 79.0 Å². The largest absolute Gasteiger partial charge is 0.374 e. The van der Waals surface area contributed by atoms with E-state index in [0.29, 0.717) is 11.4 Å². The fourth-order valence-electron chi connectivity index (χ4n) is 4.13. The molecule has 1 aliphatic heterocycles. The first-order chi connectivity index (χ1) is 14.6. The van der Waals surface area contributed by atoms with Gasteiger partial charge in [-0.05, 0) is 53.9 Å². The number of nitrogens with zero attached hydrogens (tertiary/aromatic N) is 2. The van der Waals surface area contributed by atoms with Crippen molar-refractivity contribution >= 4 is 28.6 Å². The molecule has 5 nitrogen and oxygen atoms in total. The van der Waals surface area contributed by atoms with Gasteiger partial charge in [-0.15, -0.1) is 0 Å². The van der Waals surface area contributed by atoms with Gasteiger partial charge in [0.15, 0.2) is 0 Å². The molecule has 0 bridgehead atoms. The lowest BCUT2D eigenvalue weighted by molar-refractivity contribution is -0.112. The Bertz CT molecular complexity index is 1270. The lowest BCUT2D eigenvalue weighted by Crippen LogP contribution is -2.24. The van der Waals surface area contributed by atoms with Crippen molar-refractivity contribution in [2.45, 2.75) is 6.42 Å². The Hall–Kier alpha value is -3.86. The van der Waals surface area contributed by atoms with E-state index in [9.17, 15) is 9.59 Å². The Balaban J connectivity index is 1.51. The van der Waals surface area contributed by atoms with Gasteiger partial charge in [0.1, 0.15) is 5.69 Å². The summed E-state index contributed by atoms with van der Waals surface area (Å²) in [6.45, 7) is 0.961. The Morgan fingerprint density at radius 2 is 1.73 bits per heavy atom. The maximum absolute atomic E-state index is 13.3. The van der Waals surface area contributed by atoms with Crippen LogP contribution in [0.3, 0.4) is 0 Å². The maximum Gasteiger partial charge on any atom is 0.298 e. The number of amides is 1. The monoisotopic (exact) mass is 395 g/mol. The van der Waals surface area contributed by atoms with Crippen LogP contribution >= 0.6 is 0 Å². The number of Topliss-reactive ketones (excluding diaryl/α,β-unsaturated/α-hetero) is 1. The zero-order valence-electron chi connectivity index (χ0n) is 16.6. The van der Waals surface area contributed by atoms with Crippen molar-refractivity contribution in [3.05, 3.63) is 90.3 Å². The highest BCUT2D eigenvalue weighted by atomic mass is 16.2. The summed E-state index contributed by atoms with van der Waals surface area (Å²) < 4.78 is 1.78. The molecule has 1 amide bonds. The molecule has 3 heterocycles. The maximum atomic E-state index is 13.3. The summed E-state index contributed by atoms with van der Waals surface area (Å²) in [6.07, 6.45) is 2.75. The molecule has 5 heteroatoms. The Morgan fingerprint density at radius 1 is 0.933 bits per heavy atom. The van der Waals surface area contributed by atoms with Gasteiger partial charge in [-0.3, -0.25) is 9.59 Å². The molecule has 1 aliphatic rings. The second-order valence-corrected chi connectivity index (χ2v) is 7.57. The number of pyridine rings is 1. The molecule has 2 aromatic carbocycles. The minimum Gasteiger partial charge on any atom is -0.374 e. The Morgan fingerprint density at radius 3 is 2.57 bits per heavy atom. The summed E-state index contributed by atoms with van der Waals surface area (Å²) in [5.74, 6) is -1.19. The van der Waals surface area contributed by atoms with Gasteiger partial charge in [0.05, 0.1) is 0 Å². The second-order valence-electron chi connectivity index (χ2n) is 7.57. The Kier molecular flexibility index (Phi) is 4.36. The fourth-order valence-corrected chi connectivity index (χ4v) is 4.13. The summed E-state index contributed by atoms with van der Waals surface area (Å²) >= 11 is 0. The van der Waals surface area contributed by atoms with Crippen LogP contribution in [0.25, 0.3) is 16.6 Å². The highest BCUT2D eigenvalue weighted by Gasteiger charge is 2.25. The van der Waals surface area contributed by atoms with Crippen LogP contribution in [0.2, 0.25) is 0 Å². The highest BCUT2D eigenvalue weighted by Crippen LogP contribution is 2.30. The summed E-state index contributed by atoms with van der Waals surface area (Å²) in [5, 5.41) is 2.80. The van der Waals surface area contributed by atoms with Crippen molar-refractivity contribution in [2.75, 3.05) is 23.8 Å².